The summed E-state index contributed by atoms with van der Waals surface area (Å²) in [5, 5.41) is 0. The molecule has 0 bridgehead atoms. The molecule has 108 valence electrons. The van der Waals surface area contributed by atoms with Gasteiger partial charge in [0.25, 0.3) is 0 Å². The number of nitrogens with two attached hydrogens (primary N) is 1. The minimum Gasteiger partial charge on any atom is -0.399 e. The minimum absolute atomic E-state index is 0.0496. The number of hydrogen-bond donors (Lipinski definition) is 2. The van der Waals surface area contributed by atoms with Crippen molar-refractivity contribution in [3.63, 3.8) is 0 Å². The first-order valence-electron chi connectivity index (χ1n) is 6.73. The van der Waals surface area contributed by atoms with Gasteiger partial charge in [0.2, 0.25) is 0 Å². The Labute approximate surface area is 117 Å². The Balaban J connectivity index is 3.19. The molecule has 0 aliphatic rings. The Morgan fingerprint density at radius 3 is 2.58 bits per heavy atom. The van der Waals surface area contributed by atoms with Gasteiger partial charge in [-0.1, -0.05) is 26.8 Å². The molecule has 0 aliphatic carbocycles. The summed E-state index contributed by atoms with van der Waals surface area (Å²) in [6.45, 7) is 8.83. The fourth-order valence-corrected chi connectivity index (χ4v) is 3.61. The highest BCUT2D eigenvalue weighted by atomic mass is 32.2. The molecule has 2 atom stereocenters. The summed E-state index contributed by atoms with van der Waals surface area (Å²) >= 11 is 0. The number of benzene rings is 1. The van der Waals surface area contributed by atoms with Crippen LogP contribution >= 0.6 is 0 Å². The first kappa shape index (κ1) is 16.0. The van der Waals surface area contributed by atoms with Crippen molar-refractivity contribution < 1.29 is 4.21 Å². The lowest BCUT2D eigenvalue weighted by Gasteiger charge is -2.16. The molecule has 0 aromatic heterocycles. The summed E-state index contributed by atoms with van der Waals surface area (Å²) < 4.78 is 20.7. The lowest BCUT2D eigenvalue weighted by atomic mass is 10.2. The van der Waals surface area contributed by atoms with Gasteiger partial charge in [-0.15, -0.1) is 0 Å². The van der Waals surface area contributed by atoms with Crippen LogP contribution in [0.4, 0.5) is 5.69 Å². The molecule has 4 nitrogen and oxygen atoms in total. The molecule has 0 spiro atoms. The number of rotatable bonds is 6. The highest BCUT2D eigenvalue weighted by Gasteiger charge is 2.14. The van der Waals surface area contributed by atoms with Crippen LogP contribution in [0.5, 0.6) is 0 Å². The minimum atomic E-state index is -2.60. The van der Waals surface area contributed by atoms with Crippen molar-refractivity contribution in [3.8, 4) is 0 Å². The Kier molecular flexibility index (Phi) is 5.82. The summed E-state index contributed by atoms with van der Waals surface area (Å²) in [5.74, 6) is 0.411. The molecule has 0 saturated heterocycles. The van der Waals surface area contributed by atoms with Crippen LogP contribution in [0.25, 0.3) is 0 Å². The summed E-state index contributed by atoms with van der Waals surface area (Å²) in [6.07, 6.45) is 0.864. The van der Waals surface area contributed by atoms with Gasteiger partial charge in [-0.2, -0.15) is 0 Å². The van der Waals surface area contributed by atoms with Gasteiger partial charge in [0.15, 0.2) is 0 Å². The molecular weight excluding hydrogens is 258 g/mol. The van der Waals surface area contributed by atoms with Crippen LogP contribution in [-0.4, -0.2) is 16.8 Å². The van der Waals surface area contributed by atoms with Gasteiger partial charge in [-0.3, -0.25) is 0 Å². The van der Waals surface area contributed by atoms with Crippen LogP contribution in [0.2, 0.25) is 0 Å². The number of nitrogen functional groups attached to an aromatic ring is 1. The Morgan fingerprint density at radius 2 is 2.05 bits per heavy atom. The first-order chi connectivity index (χ1) is 8.87. The van der Waals surface area contributed by atoms with E-state index in [1.807, 2.05) is 26.0 Å². The van der Waals surface area contributed by atoms with Crippen LogP contribution < -0.4 is 10.5 Å². The highest BCUT2D eigenvalue weighted by Crippen LogP contribution is 2.17. The molecule has 5 heteroatoms. The normalized spacial score (nSPS) is 16.1. The van der Waals surface area contributed by atoms with Crippen LogP contribution in [0.15, 0.2) is 33.5 Å². The molecule has 0 fully saturated rings. The van der Waals surface area contributed by atoms with Crippen molar-refractivity contribution in [2.24, 2.45) is 10.3 Å². The standard InChI is InChI=1S/C14H25N3OS/c1-5-12(4)17-19(18,16-10-11(2)3)14-8-6-7-13(15)9-14/h6-9,11-12H,5,10,15H2,1-4H3,(H,16,17,18). The SMILES string of the molecule is CCC(C)N=S(=O)(NCC(C)C)c1cccc(N)c1. The van der Waals surface area contributed by atoms with Gasteiger partial charge in [-0.05, 0) is 37.5 Å². The zero-order valence-corrected chi connectivity index (χ0v) is 13.0. The van der Waals surface area contributed by atoms with Crippen molar-refractivity contribution in [2.45, 2.75) is 45.1 Å². The number of hydrogen-bond acceptors (Lipinski definition) is 3. The second kappa shape index (κ2) is 6.91. The van der Waals surface area contributed by atoms with E-state index in [0.717, 1.165) is 6.42 Å². The maximum absolute atomic E-state index is 13.1. The summed E-state index contributed by atoms with van der Waals surface area (Å²) in [5.41, 5.74) is 6.39. The number of anilines is 1. The molecule has 0 radical (unpaired) electrons. The van der Waals surface area contributed by atoms with Crippen molar-refractivity contribution in [1.29, 1.82) is 0 Å². The lowest BCUT2D eigenvalue weighted by molar-refractivity contribution is 0.605. The molecule has 1 aromatic carbocycles. The third-order valence-corrected chi connectivity index (χ3v) is 4.89. The highest BCUT2D eigenvalue weighted by molar-refractivity contribution is 7.91. The molecule has 19 heavy (non-hydrogen) atoms. The van der Waals surface area contributed by atoms with E-state index in [9.17, 15) is 4.21 Å². The maximum Gasteiger partial charge on any atom is 0.137 e. The summed E-state index contributed by atoms with van der Waals surface area (Å²) in [7, 11) is -2.60. The van der Waals surface area contributed by atoms with Gasteiger partial charge in [0.1, 0.15) is 9.92 Å². The molecule has 0 saturated carbocycles. The van der Waals surface area contributed by atoms with Gasteiger partial charge in [-0.25, -0.2) is 13.3 Å². The second-order valence-electron chi connectivity index (χ2n) is 5.20. The predicted octanol–water partition coefficient (Wildman–Crippen LogP) is 3.05. The number of nitrogens with one attached hydrogen (secondary N) is 1. The van der Waals surface area contributed by atoms with Crippen LogP contribution in [0.1, 0.15) is 34.1 Å². The maximum atomic E-state index is 13.1. The van der Waals surface area contributed by atoms with E-state index in [4.69, 9.17) is 5.73 Å². The van der Waals surface area contributed by atoms with E-state index in [0.29, 0.717) is 23.0 Å². The van der Waals surface area contributed by atoms with Crippen molar-refractivity contribution in [2.75, 3.05) is 12.3 Å². The average Bonchev–Trinajstić information content (AvgIpc) is 2.36. The van der Waals surface area contributed by atoms with E-state index in [2.05, 4.69) is 22.9 Å². The Bertz CT molecular complexity index is 519. The largest absolute Gasteiger partial charge is 0.399 e. The molecule has 2 unspecified atom stereocenters. The van der Waals surface area contributed by atoms with E-state index < -0.39 is 9.92 Å². The van der Waals surface area contributed by atoms with Crippen LogP contribution in [-0.2, 0) is 9.92 Å². The Hall–Kier alpha value is -1.07. The van der Waals surface area contributed by atoms with E-state index >= 15 is 0 Å². The zero-order valence-electron chi connectivity index (χ0n) is 12.2. The molecule has 3 N–H and O–H groups in total. The molecule has 0 heterocycles. The molecule has 1 rings (SSSR count). The Morgan fingerprint density at radius 1 is 1.37 bits per heavy atom. The third kappa shape index (κ3) is 4.84. The van der Waals surface area contributed by atoms with E-state index in [1.54, 1.807) is 12.1 Å². The molecule has 1 aromatic rings. The predicted molar refractivity (Wildman–Crippen MR) is 82.3 cm³/mol. The second-order valence-corrected chi connectivity index (χ2v) is 7.23. The van der Waals surface area contributed by atoms with Crippen molar-refractivity contribution in [3.05, 3.63) is 24.3 Å². The fraction of sp³-hybridized carbons (Fsp3) is 0.571. The average molecular weight is 283 g/mol. The van der Waals surface area contributed by atoms with Crippen LogP contribution in [0, 0.1) is 5.92 Å². The smallest absolute Gasteiger partial charge is 0.137 e. The van der Waals surface area contributed by atoms with E-state index in [1.165, 1.54) is 0 Å². The van der Waals surface area contributed by atoms with Crippen LogP contribution in [0.3, 0.4) is 0 Å². The molecular formula is C14H25N3OS. The van der Waals surface area contributed by atoms with E-state index in [-0.39, 0.29) is 6.04 Å². The van der Waals surface area contributed by atoms with Crippen molar-refractivity contribution >= 4 is 15.6 Å². The monoisotopic (exact) mass is 283 g/mol. The fourth-order valence-electron chi connectivity index (χ4n) is 1.48. The van der Waals surface area contributed by atoms with Gasteiger partial charge < -0.3 is 5.73 Å². The summed E-state index contributed by atoms with van der Waals surface area (Å²) in [6, 6.07) is 7.20. The first-order valence-corrected chi connectivity index (χ1v) is 8.25. The zero-order chi connectivity index (χ0) is 14.5. The van der Waals surface area contributed by atoms with Crippen molar-refractivity contribution in [1.82, 2.24) is 4.72 Å². The van der Waals surface area contributed by atoms with Gasteiger partial charge in [0, 0.05) is 12.2 Å². The third-order valence-electron chi connectivity index (χ3n) is 2.78. The summed E-state index contributed by atoms with van der Waals surface area (Å²) in [4.78, 5) is 0.661. The van der Waals surface area contributed by atoms with Gasteiger partial charge >= 0.3 is 0 Å². The molecule has 0 aliphatic heterocycles. The topological polar surface area (TPSA) is 67.5 Å². The number of nitrogens with zero attached hydrogens (tertiary/aromatic N) is 1. The molecule has 0 amide bonds. The lowest BCUT2D eigenvalue weighted by Crippen LogP contribution is -2.28. The quantitative estimate of drug-likeness (QED) is 0.788. The van der Waals surface area contributed by atoms with Gasteiger partial charge in [0.05, 0.1) is 10.9 Å².